The molecule has 0 fully saturated rings. The third-order valence-corrected chi connectivity index (χ3v) is 5.55. The van der Waals surface area contributed by atoms with E-state index >= 15 is 0 Å². The molecular weight excluding hydrogens is 481 g/mol. The van der Waals surface area contributed by atoms with Crippen LogP contribution >= 0.6 is 0 Å². The second-order valence-electron chi connectivity index (χ2n) is 8.49. The van der Waals surface area contributed by atoms with Crippen molar-refractivity contribution in [2.45, 2.75) is 32.7 Å². The Morgan fingerprint density at radius 2 is 1.73 bits per heavy atom. The van der Waals surface area contributed by atoms with E-state index in [1.54, 1.807) is 61.5 Å². The van der Waals surface area contributed by atoms with E-state index in [0.717, 1.165) is 17.3 Å². The van der Waals surface area contributed by atoms with Crippen LogP contribution in [0.25, 0.3) is 0 Å². The van der Waals surface area contributed by atoms with E-state index in [1.165, 1.54) is 0 Å². The molecule has 1 aromatic heterocycles. The lowest BCUT2D eigenvalue weighted by Gasteiger charge is -2.17. The van der Waals surface area contributed by atoms with Crippen molar-refractivity contribution in [3.05, 3.63) is 113 Å². The Bertz CT molecular complexity index is 1360. The Morgan fingerprint density at radius 3 is 2.41 bits per heavy atom. The van der Waals surface area contributed by atoms with Crippen LogP contribution in [-0.4, -0.2) is 15.9 Å². The topological polar surface area (TPSA) is 76.1 Å². The van der Waals surface area contributed by atoms with E-state index in [2.05, 4.69) is 20.6 Å². The van der Waals surface area contributed by atoms with E-state index < -0.39 is 29.4 Å². The summed E-state index contributed by atoms with van der Waals surface area (Å²) in [6.07, 6.45) is -3.96. The smallest absolute Gasteiger partial charge is 0.434 e. The molecule has 3 aromatic carbocycles. The minimum atomic E-state index is -4.84. The van der Waals surface area contributed by atoms with E-state index in [1.807, 2.05) is 31.2 Å². The molecule has 0 saturated heterocycles. The second kappa shape index (κ2) is 11.1. The number of nitrogens with zero attached hydrogens (tertiary/aromatic N) is 2. The van der Waals surface area contributed by atoms with Crippen LogP contribution in [0.15, 0.2) is 85.1 Å². The lowest BCUT2D eigenvalue weighted by atomic mass is 10.1. The summed E-state index contributed by atoms with van der Waals surface area (Å²) < 4.78 is 47.0. The van der Waals surface area contributed by atoms with Crippen LogP contribution in [0, 0.1) is 6.92 Å². The summed E-state index contributed by atoms with van der Waals surface area (Å²) in [6, 6.07) is 23.0. The summed E-state index contributed by atoms with van der Waals surface area (Å²) in [5.41, 5.74) is 1.43. The van der Waals surface area contributed by atoms with Gasteiger partial charge >= 0.3 is 6.18 Å². The summed E-state index contributed by atoms with van der Waals surface area (Å²) in [5, 5.41) is 5.31. The summed E-state index contributed by atoms with van der Waals surface area (Å²) in [6.45, 7) is 4.09. The molecule has 0 spiro atoms. The number of benzene rings is 3. The highest BCUT2D eigenvalue weighted by Crippen LogP contribution is 2.31. The molecule has 0 radical (unpaired) electrons. The highest BCUT2D eigenvalue weighted by atomic mass is 19.4. The number of halogens is 3. The van der Waals surface area contributed by atoms with Crippen LogP contribution in [0.5, 0.6) is 5.75 Å². The number of aromatic nitrogens is 2. The highest BCUT2D eigenvalue weighted by molar-refractivity contribution is 5.95. The van der Waals surface area contributed by atoms with E-state index in [0.29, 0.717) is 23.6 Å². The van der Waals surface area contributed by atoms with Gasteiger partial charge in [-0.25, -0.2) is 9.97 Å². The molecule has 4 rings (SSSR count). The van der Waals surface area contributed by atoms with Crippen LogP contribution in [0.3, 0.4) is 0 Å². The predicted molar refractivity (Wildman–Crippen MR) is 135 cm³/mol. The number of hydrogen-bond donors (Lipinski definition) is 2. The van der Waals surface area contributed by atoms with Crippen molar-refractivity contribution in [3.8, 4) is 5.75 Å². The van der Waals surface area contributed by atoms with Crippen molar-refractivity contribution in [3.63, 3.8) is 0 Å². The number of nitrogens with one attached hydrogen (secondary N) is 2. The normalized spacial score (nSPS) is 12.0. The first-order chi connectivity index (χ1) is 17.7. The molecule has 2 N–H and O–H groups in total. The van der Waals surface area contributed by atoms with Gasteiger partial charge in [-0.15, -0.1) is 0 Å². The van der Waals surface area contributed by atoms with Gasteiger partial charge < -0.3 is 15.4 Å². The van der Waals surface area contributed by atoms with Crippen LogP contribution < -0.4 is 15.4 Å². The van der Waals surface area contributed by atoms with E-state index in [4.69, 9.17) is 4.74 Å². The van der Waals surface area contributed by atoms with Crippen molar-refractivity contribution in [1.29, 1.82) is 0 Å². The largest absolute Gasteiger partial charge is 0.489 e. The van der Waals surface area contributed by atoms with Crippen molar-refractivity contribution in [1.82, 2.24) is 15.3 Å². The number of alkyl halides is 3. The highest BCUT2D eigenvalue weighted by Gasteiger charge is 2.38. The Balaban J connectivity index is 1.43. The molecule has 1 atom stereocenters. The Morgan fingerprint density at radius 1 is 1.00 bits per heavy atom. The number of para-hydroxylation sites is 1. The minimum absolute atomic E-state index is 0.260. The molecule has 1 heterocycles. The number of aryl methyl sites for hydroxylation is 1. The molecule has 1 unspecified atom stereocenters. The SMILES string of the molecule is Cc1cccc(COc2ccc(C(C)NC(=O)c3cnc(Nc4ccccc4)nc3C(F)(F)F)cc2)c1. The van der Waals surface area contributed by atoms with Gasteiger partial charge in [-0.3, -0.25) is 4.79 Å². The van der Waals surface area contributed by atoms with Gasteiger partial charge in [-0.2, -0.15) is 13.2 Å². The maximum absolute atomic E-state index is 13.7. The average Bonchev–Trinajstić information content (AvgIpc) is 2.88. The zero-order valence-electron chi connectivity index (χ0n) is 20.2. The number of rotatable bonds is 8. The van der Waals surface area contributed by atoms with Crippen molar-refractivity contribution in [2.24, 2.45) is 0 Å². The molecule has 0 aliphatic rings. The first kappa shape index (κ1) is 25.7. The fraction of sp³-hybridized carbons (Fsp3) is 0.179. The first-order valence-electron chi connectivity index (χ1n) is 11.5. The molecule has 6 nitrogen and oxygen atoms in total. The van der Waals surface area contributed by atoms with Gasteiger partial charge in [0.1, 0.15) is 12.4 Å². The van der Waals surface area contributed by atoms with Gasteiger partial charge in [0.25, 0.3) is 5.91 Å². The van der Waals surface area contributed by atoms with Crippen LogP contribution in [0.1, 0.15) is 45.7 Å². The molecule has 37 heavy (non-hydrogen) atoms. The number of carbonyl (C=O) groups excluding carboxylic acids is 1. The first-order valence-corrected chi connectivity index (χ1v) is 11.5. The lowest BCUT2D eigenvalue weighted by molar-refractivity contribution is -0.141. The third-order valence-electron chi connectivity index (χ3n) is 5.55. The van der Waals surface area contributed by atoms with Crippen molar-refractivity contribution in [2.75, 3.05) is 5.32 Å². The van der Waals surface area contributed by atoms with Gasteiger partial charge in [-0.05, 0) is 49.2 Å². The standard InChI is InChI=1S/C28H25F3N4O2/c1-18-7-6-8-20(15-18)17-37-23-13-11-21(12-14-23)19(2)33-26(36)24-16-32-27(35-25(24)28(29,30)31)34-22-9-4-3-5-10-22/h3-16,19H,17H2,1-2H3,(H,33,36)(H,32,34,35). The summed E-state index contributed by atoms with van der Waals surface area (Å²) in [7, 11) is 0. The summed E-state index contributed by atoms with van der Waals surface area (Å²) in [5.74, 6) is -0.548. The van der Waals surface area contributed by atoms with E-state index in [9.17, 15) is 18.0 Å². The van der Waals surface area contributed by atoms with Gasteiger partial charge in [0.2, 0.25) is 5.95 Å². The number of anilines is 2. The average molecular weight is 507 g/mol. The van der Waals surface area contributed by atoms with Gasteiger partial charge in [0.15, 0.2) is 5.69 Å². The molecule has 0 aliphatic carbocycles. The summed E-state index contributed by atoms with van der Waals surface area (Å²) in [4.78, 5) is 20.3. The number of carbonyl (C=O) groups is 1. The van der Waals surface area contributed by atoms with Gasteiger partial charge in [0.05, 0.1) is 11.6 Å². The Labute approximate surface area is 212 Å². The number of hydrogen-bond acceptors (Lipinski definition) is 5. The molecule has 9 heteroatoms. The molecular formula is C28H25F3N4O2. The number of amides is 1. The second-order valence-corrected chi connectivity index (χ2v) is 8.49. The molecule has 4 aromatic rings. The van der Waals surface area contributed by atoms with Crippen LogP contribution in [0.4, 0.5) is 24.8 Å². The Kier molecular flexibility index (Phi) is 7.71. The fourth-order valence-corrected chi connectivity index (χ4v) is 3.65. The maximum Gasteiger partial charge on any atom is 0.434 e. The quantitative estimate of drug-likeness (QED) is 0.281. The van der Waals surface area contributed by atoms with Crippen molar-refractivity contribution >= 4 is 17.5 Å². The molecule has 0 bridgehead atoms. The monoisotopic (exact) mass is 506 g/mol. The maximum atomic E-state index is 13.7. The van der Waals surface area contributed by atoms with Crippen LogP contribution in [0.2, 0.25) is 0 Å². The minimum Gasteiger partial charge on any atom is -0.489 e. The zero-order chi connectivity index (χ0) is 26.4. The van der Waals surface area contributed by atoms with E-state index in [-0.39, 0.29) is 5.95 Å². The van der Waals surface area contributed by atoms with Gasteiger partial charge in [-0.1, -0.05) is 60.2 Å². The predicted octanol–water partition coefficient (Wildman–Crippen LogP) is 6.62. The summed E-state index contributed by atoms with van der Waals surface area (Å²) >= 11 is 0. The fourth-order valence-electron chi connectivity index (χ4n) is 3.65. The molecule has 190 valence electrons. The lowest BCUT2D eigenvalue weighted by Crippen LogP contribution is -2.30. The molecule has 0 aliphatic heterocycles. The van der Waals surface area contributed by atoms with Crippen molar-refractivity contribution < 1.29 is 22.7 Å². The molecule has 1 amide bonds. The number of ether oxygens (including phenoxy) is 1. The third kappa shape index (κ3) is 6.84. The zero-order valence-corrected chi connectivity index (χ0v) is 20.2. The molecule has 0 saturated carbocycles. The Hall–Kier alpha value is -4.40. The van der Waals surface area contributed by atoms with Gasteiger partial charge in [0, 0.05) is 11.9 Å². The van der Waals surface area contributed by atoms with Crippen LogP contribution in [-0.2, 0) is 12.8 Å².